The highest BCUT2D eigenvalue weighted by Crippen LogP contribution is 2.39. The van der Waals surface area contributed by atoms with Gasteiger partial charge in [-0.3, -0.25) is 9.98 Å². The molecule has 1 atom stereocenters. The molecular formula is C13H18N2. The summed E-state index contributed by atoms with van der Waals surface area (Å²) in [5.41, 5.74) is 2.03. The van der Waals surface area contributed by atoms with Crippen molar-refractivity contribution >= 4 is 19.1 Å². The summed E-state index contributed by atoms with van der Waals surface area (Å²) in [5.74, 6) is 0. The van der Waals surface area contributed by atoms with Crippen LogP contribution in [0.25, 0.3) is 0 Å². The van der Waals surface area contributed by atoms with E-state index in [2.05, 4.69) is 44.2 Å². The molecule has 1 unspecified atom stereocenters. The monoisotopic (exact) mass is 202 g/mol. The fourth-order valence-electron chi connectivity index (χ4n) is 1.70. The van der Waals surface area contributed by atoms with Crippen molar-refractivity contribution in [3.63, 3.8) is 0 Å². The van der Waals surface area contributed by atoms with Crippen molar-refractivity contribution in [3.05, 3.63) is 29.8 Å². The number of hydrogen-bond acceptors (Lipinski definition) is 2. The van der Waals surface area contributed by atoms with Crippen LogP contribution in [0.3, 0.4) is 0 Å². The molecule has 1 rings (SSSR count). The smallest absolute Gasteiger partial charge is 0.0810 e. The van der Waals surface area contributed by atoms with Crippen LogP contribution in [0.2, 0.25) is 0 Å². The first kappa shape index (κ1) is 11.6. The Morgan fingerprint density at radius 3 is 2.20 bits per heavy atom. The van der Waals surface area contributed by atoms with Gasteiger partial charge in [0.15, 0.2) is 0 Å². The molecule has 0 aliphatic heterocycles. The number of hydrogen-bond donors (Lipinski definition) is 0. The van der Waals surface area contributed by atoms with Crippen molar-refractivity contribution in [2.75, 3.05) is 0 Å². The zero-order valence-corrected chi connectivity index (χ0v) is 9.70. The lowest BCUT2D eigenvalue weighted by Crippen LogP contribution is -2.16. The van der Waals surface area contributed by atoms with Gasteiger partial charge >= 0.3 is 0 Å². The summed E-state index contributed by atoms with van der Waals surface area (Å²) < 4.78 is 0. The molecular weight excluding hydrogens is 184 g/mol. The Morgan fingerprint density at radius 2 is 1.73 bits per heavy atom. The van der Waals surface area contributed by atoms with Crippen LogP contribution in [0.4, 0.5) is 5.69 Å². The summed E-state index contributed by atoms with van der Waals surface area (Å²) in [6.45, 7) is 13.7. The topological polar surface area (TPSA) is 24.7 Å². The zero-order chi connectivity index (χ0) is 11.5. The minimum atomic E-state index is 0.0442. The Labute approximate surface area is 91.8 Å². The number of benzene rings is 1. The van der Waals surface area contributed by atoms with E-state index in [4.69, 9.17) is 0 Å². The van der Waals surface area contributed by atoms with Gasteiger partial charge in [0.2, 0.25) is 0 Å². The average Bonchev–Trinajstić information content (AvgIpc) is 2.17. The van der Waals surface area contributed by atoms with E-state index in [1.54, 1.807) is 0 Å². The van der Waals surface area contributed by atoms with E-state index in [9.17, 15) is 0 Å². The molecule has 2 nitrogen and oxygen atoms in total. The molecule has 0 spiro atoms. The molecule has 2 heteroatoms. The zero-order valence-electron chi connectivity index (χ0n) is 9.70. The van der Waals surface area contributed by atoms with E-state index in [1.807, 2.05) is 24.3 Å². The van der Waals surface area contributed by atoms with Crippen molar-refractivity contribution in [2.24, 2.45) is 15.4 Å². The molecule has 15 heavy (non-hydrogen) atoms. The third-order valence-electron chi connectivity index (χ3n) is 2.40. The molecule has 0 saturated heterocycles. The second-order valence-corrected chi connectivity index (χ2v) is 4.67. The normalized spacial score (nSPS) is 13.3. The van der Waals surface area contributed by atoms with E-state index >= 15 is 0 Å². The molecule has 0 bridgehead atoms. The van der Waals surface area contributed by atoms with Gasteiger partial charge in [-0.25, -0.2) is 0 Å². The Kier molecular flexibility index (Phi) is 3.40. The second-order valence-electron chi connectivity index (χ2n) is 4.67. The van der Waals surface area contributed by atoms with Gasteiger partial charge in [0.25, 0.3) is 0 Å². The summed E-state index contributed by atoms with van der Waals surface area (Å²) >= 11 is 0. The van der Waals surface area contributed by atoms with Gasteiger partial charge in [-0.2, -0.15) is 0 Å². The van der Waals surface area contributed by atoms with Gasteiger partial charge in [0, 0.05) is 5.56 Å². The van der Waals surface area contributed by atoms with E-state index in [0.717, 1.165) is 11.3 Å². The number of para-hydroxylation sites is 1. The molecule has 0 N–H and O–H groups in total. The van der Waals surface area contributed by atoms with Gasteiger partial charge < -0.3 is 0 Å². The SMILES string of the molecule is C=Nc1ccccc1C(N=C)C(C)(C)C. The predicted molar refractivity (Wildman–Crippen MR) is 67.4 cm³/mol. The molecule has 0 saturated carbocycles. The molecule has 0 aliphatic rings. The largest absolute Gasteiger partial charge is 0.292 e. The summed E-state index contributed by atoms with van der Waals surface area (Å²) in [6, 6.07) is 7.99. The maximum Gasteiger partial charge on any atom is 0.0810 e. The van der Waals surface area contributed by atoms with Crippen LogP contribution in [0.1, 0.15) is 32.4 Å². The predicted octanol–water partition coefficient (Wildman–Crippen LogP) is 3.81. The molecule has 0 fully saturated rings. The molecule has 0 amide bonds. The molecule has 1 aromatic rings. The maximum absolute atomic E-state index is 4.20. The second kappa shape index (κ2) is 4.39. The van der Waals surface area contributed by atoms with Crippen LogP contribution >= 0.6 is 0 Å². The van der Waals surface area contributed by atoms with Crippen molar-refractivity contribution in [1.29, 1.82) is 0 Å². The van der Waals surface area contributed by atoms with Gasteiger partial charge in [0.1, 0.15) is 0 Å². The first-order valence-electron chi connectivity index (χ1n) is 5.02. The molecule has 0 aromatic heterocycles. The van der Waals surface area contributed by atoms with Crippen LogP contribution in [0, 0.1) is 5.41 Å². The highest BCUT2D eigenvalue weighted by molar-refractivity contribution is 5.53. The lowest BCUT2D eigenvalue weighted by molar-refractivity contribution is 0.331. The Balaban J connectivity index is 3.23. The fraction of sp³-hybridized carbons (Fsp3) is 0.385. The quantitative estimate of drug-likeness (QED) is 0.666. The van der Waals surface area contributed by atoms with Crippen LogP contribution < -0.4 is 0 Å². The number of aliphatic imine (C=N–C) groups is 2. The first-order chi connectivity index (χ1) is 7.00. The van der Waals surface area contributed by atoms with Gasteiger partial charge in [-0.15, -0.1) is 0 Å². The van der Waals surface area contributed by atoms with Crippen molar-refractivity contribution in [2.45, 2.75) is 26.8 Å². The maximum atomic E-state index is 4.20. The van der Waals surface area contributed by atoms with Crippen molar-refractivity contribution in [3.8, 4) is 0 Å². The van der Waals surface area contributed by atoms with Crippen LogP contribution in [-0.2, 0) is 0 Å². The highest BCUT2D eigenvalue weighted by Gasteiger charge is 2.26. The third-order valence-corrected chi connectivity index (χ3v) is 2.40. The average molecular weight is 202 g/mol. The number of nitrogens with zero attached hydrogens (tertiary/aromatic N) is 2. The van der Waals surface area contributed by atoms with E-state index in [0.29, 0.717) is 0 Å². The Bertz CT molecular complexity index is 361. The Hall–Kier alpha value is -1.44. The van der Waals surface area contributed by atoms with Crippen LogP contribution in [-0.4, -0.2) is 13.4 Å². The van der Waals surface area contributed by atoms with E-state index in [1.165, 1.54) is 0 Å². The van der Waals surface area contributed by atoms with Gasteiger partial charge in [-0.1, -0.05) is 39.0 Å². The van der Waals surface area contributed by atoms with Crippen molar-refractivity contribution < 1.29 is 0 Å². The molecule has 80 valence electrons. The van der Waals surface area contributed by atoms with Crippen molar-refractivity contribution in [1.82, 2.24) is 0 Å². The lowest BCUT2D eigenvalue weighted by atomic mass is 9.82. The van der Waals surface area contributed by atoms with E-state index in [-0.39, 0.29) is 11.5 Å². The molecule has 0 aliphatic carbocycles. The van der Waals surface area contributed by atoms with E-state index < -0.39 is 0 Å². The molecule has 0 radical (unpaired) electrons. The first-order valence-corrected chi connectivity index (χ1v) is 5.02. The van der Waals surface area contributed by atoms with Crippen LogP contribution in [0.5, 0.6) is 0 Å². The number of rotatable bonds is 3. The van der Waals surface area contributed by atoms with Gasteiger partial charge in [-0.05, 0) is 24.9 Å². The highest BCUT2D eigenvalue weighted by atomic mass is 14.8. The Morgan fingerprint density at radius 1 is 1.13 bits per heavy atom. The summed E-state index contributed by atoms with van der Waals surface area (Å²) in [7, 11) is 0. The van der Waals surface area contributed by atoms with Gasteiger partial charge in [0.05, 0.1) is 11.7 Å². The van der Waals surface area contributed by atoms with Crippen LogP contribution in [0.15, 0.2) is 34.3 Å². The fourth-order valence-corrected chi connectivity index (χ4v) is 1.70. The minimum absolute atomic E-state index is 0.0442. The minimum Gasteiger partial charge on any atom is -0.292 e. The summed E-state index contributed by atoms with van der Waals surface area (Å²) in [6.07, 6.45) is 0. The third kappa shape index (κ3) is 2.52. The summed E-state index contributed by atoms with van der Waals surface area (Å²) in [5, 5.41) is 0. The lowest BCUT2D eigenvalue weighted by Gasteiger charge is -2.28. The summed E-state index contributed by atoms with van der Waals surface area (Å²) in [4.78, 5) is 8.22. The standard InChI is InChI=1S/C13H18N2/c1-13(2,3)12(15-5)10-8-6-7-9-11(10)14-4/h6-9,12H,4-5H2,1-3H3. The molecule has 1 aromatic carbocycles. The molecule has 0 heterocycles.